The van der Waals surface area contributed by atoms with E-state index < -0.39 is 0 Å². The van der Waals surface area contributed by atoms with Crippen LogP contribution in [0, 0.1) is 0 Å². The number of anilines is 1. The van der Waals surface area contributed by atoms with Gasteiger partial charge in [0, 0.05) is 29.2 Å². The molecule has 0 radical (unpaired) electrons. The summed E-state index contributed by atoms with van der Waals surface area (Å²) in [6.07, 6.45) is 0. The zero-order chi connectivity index (χ0) is 18.7. The summed E-state index contributed by atoms with van der Waals surface area (Å²) in [6, 6.07) is 12.4. The second-order valence-corrected chi connectivity index (χ2v) is 6.21. The van der Waals surface area contributed by atoms with E-state index in [1.807, 2.05) is 24.3 Å². The van der Waals surface area contributed by atoms with E-state index in [4.69, 9.17) is 16.3 Å². The molecule has 6 nitrogen and oxygen atoms in total. The first kappa shape index (κ1) is 17.8. The molecule has 3 N–H and O–H groups in total. The summed E-state index contributed by atoms with van der Waals surface area (Å²) in [5.74, 6) is 0.235. The summed E-state index contributed by atoms with van der Waals surface area (Å²) in [6.45, 7) is 1.72. The Morgan fingerprint density at radius 1 is 1.15 bits per heavy atom. The Morgan fingerprint density at radius 2 is 1.96 bits per heavy atom. The van der Waals surface area contributed by atoms with Crippen LogP contribution in [0.1, 0.15) is 23.0 Å². The summed E-state index contributed by atoms with van der Waals surface area (Å²) in [7, 11) is 1.62. The lowest BCUT2D eigenvalue weighted by atomic mass is 10.2. The predicted molar refractivity (Wildman–Crippen MR) is 102 cm³/mol. The van der Waals surface area contributed by atoms with Crippen LogP contribution in [0.15, 0.2) is 42.5 Å². The molecule has 0 aliphatic rings. The van der Waals surface area contributed by atoms with Crippen LogP contribution in [0.5, 0.6) is 5.75 Å². The number of amides is 2. The first-order chi connectivity index (χ1) is 12.5. The van der Waals surface area contributed by atoms with Gasteiger partial charge < -0.3 is 20.4 Å². The summed E-state index contributed by atoms with van der Waals surface area (Å²) in [5, 5.41) is 6.78. The molecule has 0 fully saturated rings. The van der Waals surface area contributed by atoms with Crippen molar-refractivity contribution < 1.29 is 14.3 Å². The average Bonchev–Trinajstić information content (AvgIpc) is 3.02. The third kappa shape index (κ3) is 3.97. The second-order valence-electron chi connectivity index (χ2n) is 5.81. The number of aromatic nitrogens is 1. The van der Waals surface area contributed by atoms with Crippen LogP contribution in [0.25, 0.3) is 10.9 Å². The highest BCUT2D eigenvalue weighted by molar-refractivity contribution is 6.34. The first-order valence-corrected chi connectivity index (χ1v) is 8.35. The third-order valence-electron chi connectivity index (χ3n) is 3.85. The number of halogens is 1. The van der Waals surface area contributed by atoms with E-state index in [9.17, 15) is 9.59 Å². The molecule has 134 valence electrons. The molecule has 0 unspecified atom stereocenters. The molecule has 0 atom stereocenters. The highest BCUT2D eigenvalue weighted by Crippen LogP contribution is 2.22. The predicted octanol–water partition coefficient (Wildman–Crippen LogP) is 3.72. The molecule has 0 saturated heterocycles. The van der Waals surface area contributed by atoms with Crippen LogP contribution < -0.4 is 15.4 Å². The van der Waals surface area contributed by atoms with E-state index >= 15 is 0 Å². The number of aromatic amines is 1. The summed E-state index contributed by atoms with van der Waals surface area (Å²) in [4.78, 5) is 26.9. The molecule has 2 aromatic carbocycles. The number of rotatable bonds is 5. The normalized spacial score (nSPS) is 10.6. The molecule has 0 bridgehead atoms. The second kappa shape index (κ2) is 7.49. The molecule has 26 heavy (non-hydrogen) atoms. The monoisotopic (exact) mass is 371 g/mol. The van der Waals surface area contributed by atoms with Crippen molar-refractivity contribution in [2.24, 2.45) is 0 Å². The van der Waals surface area contributed by atoms with Crippen LogP contribution in [0.4, 0.5) is 5.69 Å². The first-order valence-electron chi connectivity index (χ1n) is 7.97. The smallest absolute Gasteiger partial charge is 0.253 e. The molecule has 0 aliphatic carbocycles. The van der Waals surface area contributed by atoms with E-state index in [-0.39, 0.29) is 11.8 Å². The van der Waals surface area contributed by atoms with Gasteiger partial charge in [0.1, 0.15) is 5.75 Å². The quantitative estimate of drug-likeness (QED) is 0.639. The average molecular weight is 372 g/mol. The fourth-order valence-corrected chi connectivity index (χ4v) is 2.85. The van der Waals surface area contributed by atoms with Gasteiger partial charge in [0.05, 0.1) is 24.2 Å². The van der Waals surface area contributed by atoms with Crippen molar-refractivity contribution in [1.29, 1.82) is 0 Å². The fourth-order valence-electron chi connectivity index (χ4n) is 2.64. The molecule has 0 spiro atoms. The number of ether oxygens (including phenoxy) is 1. The molecule has 3 rings (SSSR count). The Balaban J connectivity index is 1.73. The fraction of sp³-hybridized carbons (Fsp3) is 0.158. The van der Waals surface area contributed by atoms with E-state index in [0.717, 1.165) is 22.3 Å². The third-order valence-corrected chi connectivity index (χ3v) is 4.18. The van der Waals surface area contributed by atoms with Crippen molar-refractivity contribution in [2.75, 3.05) is 12.4 Å². The van der Waals surface area contributed by atoms with Gasteiger partial charge in [0.25, 0.3) is 5.91 Å². The molecule has 2 amide bonds. The zero-order valence-electron chi connectivity index (χ0n) is 14.4. The van der Waals surface area contributed by atoms with Gasteiger partial charge in [-0.25, -0.2) is 0 Å². The lowest BCUT2D eigenvalue weighted by Gasteiger charge is -2.08. The topological polar surface area (TPSA) is 83.2 Å². The Kier molecular flexibility index (Phi) is 5.14. The number of fused-ring (bicyclic) bond motifs is 1. The molecule has 0 saturated carbocycles. The van der Waals surface area contributed by atoms with E-state index in [2.05, 4.69) is 15.6 Å². The van der Waals surface area contributed by atoms with Crippen molar-refractivity contribution in [3.05, 3.63) is 58.7 Å². The maximum absolute atomic E-state index is 12.5. The number of nitrogens with one attached hydrogen (secondary N) is 3. The lowest BCUT2D eigenvalue weighted by Crippen LogP contribution is -2.23. The van der Waals surface area contributed by atoms with E-state index in [0.29, 0.717) is 22.8 Å². The van der Waals surface area contributed by atoms with Crippen LogP contribution in [0.2, 0.25) is 5.02 Å². The van der Waals surface area contributed by atoms with Crippen LogP contribution >= 0.6 is 11.6 Å². The summed E-state index contributed by atoms with van der Waals surface area (Å²) in [5.41, 5.74) is 2.64. The van der Waals surface area contributed by atoms with E-state index in [1.165, 1.54) is 6.92 Å². The number of hydrogen-bond acceptors (Lipinski definition) is 3. The standard InChI is InChI=1S/C19H18ClN3O3/c1-11(24)22-13-3-5-17(20)16(9-13)19(25)21-10-14-7-12-8-15(26-2)4-6-18(12)23-14/h3-9,23H,10H2,1-2H3,(H,21,25)(H,22,24). The minimum atomic E-state index is -0.321. The van der Waals surface area contributed by atoms with Gasteiger partial charge in [-0.2, -0.15) is 0 Å². The molecular formula is C19H18ClN3O3. The van der Waals surface area contributed by atoms with Crippen LogP contribution in [-0.2, 0) is 11.3 Å². The molecule has 7 heteroatoms. The van der Waals surface area contributed by atoms with Crippen molar-refractivity contribution in [3.8, 4) is 5.75 Å². The van der Waals surface area contributed by atoms with Crippen LogP contribution in [-0.4, -0.2) is 23.9 Å². The maximum atomic E-state index is 12.5. The minimum absolute atomic E-state index is 0.216. The molecular weight excluding hydrogens is 354 g/mol. The Morgan fingerprint density at radius 3 is 2.69 bits per heavy atom. The molecule has 1 aromatic heterocycles. The number of carbonyl (C=O) groups is 2. The number of methoxy groups -OCH3 is 1. The van der Waals surface area contributed by atoms with Crippen molar-refractivity contribution in [1.82, 2.24) is 10.3 Å². The Hall–Kier alpha value is -2.99. The van der Waals surface area contributed by atoms with Gasteiger partial charge in [-0.1, -0.05) is 11.6 Å². The van der Waals surface area contributed by atoms with Gasteiger partial charge in [0.2, 0.25) is 5.91 Å². The van der Waals surface area contributed by atoms with Crippen LogP contribution in [0.3, 0.4) is 0 Å². The zero-order valence-corrected chi connectivity index (χ0v) is 15.1. The highest BCUT2D eigenvalue weighted by atomic mass is 35.5. The van der Waals surface area contributed by atoms with Crippen molar-refractivity contribution in [2.45, 2.75) is 13.5 Å². The number of hydrogen-bond donors (Lipinski definition) is 3. The Labute approximate surface area is 155 Å². The van der Waals surface area contributed by atoms with Gasteiger partial charge in [-0.3, -0.25) is 9.59 Å². The minimum Gasteiger partial charge on any atom is -0.497 e. The van der Waals surface area contributed by atoms with Gasteiger partial charge in [-0.15, -0.1) is 0 Å². The lowest BCUT2D eigenvalue weighted by molar-refractivity contribution is -0.114. The SMILES string of the molecule is COc1ccc2[nH]c(CNC(=O)c3cc(NC(C)=O)ccc3Cl)cc2c1. The number of H-pyrrole nitrogens is 1. The highest BCUT2D eigenvalue weighted by Gasteiger charge is 2.12. The van der Waals surface area contributed by atoms with Crippen molar-refractivity contribution in [3.63, 3.8) is 0 Å². The van der Waals surface area contributed by atoms with Gasteiger partial charge in [-0.05, 0) is 42.5 Å². The summed E-state index contributed by atoms with van der Waals surface area (Å²) >= 11 is 6.11. The number of carbonyl (C=O) groups excluding carboxylic acids is 2. The maximum Gasteiger partial charge on any atom is 0.253 e. The summed E-state index contributed by atoms with van der Waals surface area (Å²) < 4.78 is 5.21. The van der Waals surface area contributed by atoms with Gasteiger partial charge in [0.15, 0.2) is 0 Å². The molecule has 0 aliphatic heterocycles. The van der Waals surface area contributed by atoms with Crippen molar-refractivity contribution >= 4 is 40.0 Å². The molecule has 1 heterocycles. The largest absolute Gasteiger partial charge is 0.497 e. The van der Waals surface area contributed by atoms with Gasteiger partial charge >= 0.3 is 0 Å². The number of benzene rings is 2. The van der Waals surface area contributed by atoms with E-state index in [1.54, 1.807) is 25.3 Å². The Bertz CT molecular complexity index is 981. The molecule has 3 aromatic rings.